The van der Waals surface area contributed by atoms with E-state index in [4.69, 9.17) is 0 Å². The maximum absolute atomic E-state index is 12.9. The first-order valence-electron chi connectivity index (χ1n) is 10.0. The molecule has 0 atom stereocenters. The zero-order valence-electron chi connectivity index (χ0n) is 16.5. The molecule has 0 aliphatic carbocycles. The Bertz CT molecular complexity index is 897. The molecule has 4 rings (SSSR count). The molecule has 0 spiro atoms. The van der Waals surface area contributed by atoms with E-state index in [2.05, 4.69) is 29.6 Å². The van der Waals surface area contributed by atoms with Gasteiger partial charge in [0, 0.05) is 37.6 Å². The van der Waals surface area contributed by atoms with Crippen LogP contribution in [0, 0.1) is 0 Å². The van der Waals surface area contributed by atoms with Crippen molar-refractivity contribution < 1.29 is 13.2 Å². The highest BCUT2D eigenvalue weighted by Crippen LogP contribution is 2.30. The van der Waals surface area contributed by atoms with Gasteiger partial charge in [0.05, 0.1) is 6.04 Å². The van der Waals surface area contributed by atoms with Gasteiger partial charge in [-0.2, -0.15) is 13.2 Å². The fourth-order valence-corrected chi connectivity index (χ4v) is 3.83. The Morgan fingerprint density at radius 3 is 1.80 bits per heavy atom. The van der Waals surface area contributed by atoms with Crippen molar-refractivity contribution in [2.45, 2.75) is 12.3 Å². The minimum atomic E-state index is -4.26. The number of alkyl halides is 3. The zero-order chi connectivity index (χ0) is 21.0. The second kappa shape index (κ2) is 8.79. The van der Waals surface area contributed by atoms with Gasteiger partial charge in [-0.25, -0.2) is 4.90 Å². The van der Waals surface area contributed by atoms with Crippen LogP contribution in [0.2, 0.25) is 0 Å². The van der Waals surface area contributed by atoms with Crippen molar-refractivity contribution >= 4 is 11.4 Å². The molecule has 0 bridgehead atoms. The molecule has 0 aromatic heterocycles. The van der Waals surface area contributed by atoms with Gasteiger partial charge in [0.2, 0.25) is 0 Å². The van der Waals surface area contributed by atoms with Gasteiger partial charge in [0.1, 0.15) is 0 Å². The molecule has 3 aromatic rings. The maximum atomic E-state index is 12.9. The molecule has 0 saturated carbocycles. The van der Waals surface area contributed by atoms with Crippen LogP contribution in [0.1, 0.15) is 17.2 Å². The quantitative estimate of drug-likeness (QED) is 0.557. The van der Waals surface area contributed by atoms with E-state index in [1.165, 1.54) is 0 Å². The Labute approximate surface area is 174 Å². The van der Waals surface area contributed by atoms with E-state index in [-0.39, 0.29) is 19.1 Å². The number of nitrogens with zero attached hydrogens (tertiary/aromatic N) is 2. The van der Waals surface area contributed by atoms with Crippen LogP contribution in [-0.4, -0.2) is 37.4 Å². The summed E-state index contributed by atoms with van der Waals surface area (Å²) in [6.45, 7) is 0.670. The molecule has 6 heteroatoms. The number of hydrogen-bond donors (Lipinski definition) is 1. The predicted octanol–water partition coefficient (Wildman–Crippen LogP) is 5.53. The van der Waals surface area contributed by atoms with Crippen LogP contribution >= 0.6 is 0 Å². The lowest BCUT2D eigenvalue weighted by molar-refractivity contribution is -0.246. The van der Waals surface area contributed by atoms with E-state index in [1.54, 1.807) is 0 Å². The molecular weight excluding hydrogens is 387 g/mol. The molecular formula is C24H24F3N3. The summed E-state index contributed by atoms with van der Waals surface area (Å²) in [5.74, 6) is 0. The summed E-state index contributed by atoms with van der Waals surface area (Å²) in [6.07, 6.45) is -4.26. The average Bonchev–Trinajstić information content (AvgIpc) is 2.78. The van der Waals surface area contributed by atoms with Gasteiger partial charge in [-0.05, 0) is 29.3 Å². The Balaban J connectivity index is 1.53. The fraction of sp³-hybridized carbons (Fsp3) is 0.250. The summed E-state index contributed by atoms with van der Waals surface area (Å²) in [6, 6.07) is 28.3. The number of anilines is 2. The van der Waals surface area contributed by atoms with Crippen molar-refractivity contribution in [3.63, 3.8) is 0 Å². The van der Waals surface area contributed by atoms with Crippen LogP contribution < -0.4 is 10.2 Å². The Hall–Kier alpha value is -2.99. The van der Waals surface area contributed by atoms with Crippen molar-refractivity contribution in [3.05, 3.63) is 96.1 Å². The van der Waals surface area contributed by atoms with Crippen LogP contribution in [-0.2, 0) is 0 Å². The molecule has 30 heavy (non-hydrogen) atoms. The molecule has 3 aromatic carbocycles. The standard InChI is InChI=1S/C24H24F3N3/c25-24(26,27)30-16-14-29(15-17-30)22-13-7-12-21(18-22)28-23(19-8-3-1-4-9-19)20-10-5-2-6-11-20/h1-13,18,23,28H,14-17H2. The monoisotopic (exact) mass is 411 g/mol. The molecule has 1 aliphatic heterocycles. The SMILES string of the molecule is FC(F)(F)N1CCN(c2cccc(NC(c3ccccc3)c3ccccc3)c2)CC1. The minimum Gasteiger partial charge on any atom is -0.374 e. The molecule has 0 amide bonds. The van der Waals surface area contributed by atoms with Crippen molar-refractivity contribution in [1.82, 2.24) is 4.90 Å². The summed E-state index contributed by atoms with van der Waals surface area (Å²) in [7, 11) is 0. The van der Waals surface area contributed by atoms with Crippen molar-refractivity contribution in [1.29, 1.82) is 0 Å². The Morgan fingerprint density at radius 1 is 0.700 bits per heavy atom. The van der Waals surface area contributed by atoms with Crippen LogP contribution in [0.15, 0.2) is 84.9 Å². The molecule has 1 saturated heterocycles. The number of benzene rings is 3. The number of hydrogen-bond acceptors (Lipinski definition) is 3. The lowest BCUT2D eigenvalue weighted by atomic mass is 9.98. The van der Waals surface area contributed by atoms with Gasteiger partial charge in [-0.3, -0.25) is 0 Å². The van der Waals surface area contributed by atoms with Crippen molar-refractivity contribution in [3.8, 4) is 0 Å². The highest BCUT2D eigenvalue weighted by atomic mass is 19.4. The highest BCUT2D eigenvalue weighted by Gasteiger charge is 2.38. The first kappa shape index (κ1) is 20.3. The molecule has 156 valence electrons. The van der Waals surface area contributed by atoms with Crippen molar-refractivity contribution in [2.75, 3.05) is 36.4 Å². The van der Waals surface area contributed by atoms with Gasteiger partial charge in [-0.15, -0.1) is 0 Å². The zero-order valence-corrected chi connectivity index (χ0v) is 16.5. The van der Waals surface area contributed by atoms with Gasteiger partial charge in [0.15, 0.2) is 0 Å². The number of rotatable bonds is 5. The van der Waals surface area contributed by atoms with E-state index in [0.717, 1.165) is 22.5 Å². The minimum absolute atomic E-state index is 0.0161. The van der Waals surface area contributed by atoms with E-state index < -0.39 is 6.30 Å². The normalized spacial score (nSPS) is 15.4. The van der Waals surface area contributed by atoms with E-state index in [1.807, 2.05) is 65.6 Å². The lowest BCUT2D eigenvalue weighted by Crippen LogP contribution is -2.51. The molecule has 0 unspecified atom stereocenters. The first-order valence-corrected chi connectivity index (χ1v) is 10.0. The number of halogens is 3. The highest BCUT2D eigenvalue weighted by molar-refractivity contribution is 5.60. The largest absolute Gasteiger partial charge is 0.460 e. The third kappa shape index (κ3) is 4.76. The first-order chi connectivity index (χ1) is 14.5. The second-order valence-electron chi connectivity index (χ2n) is 7.39. The topological polar surface area (TPSA) is 18.5 Å². The van der Waals surface area contributed by atoms with Crippen LogP contribution in [0.4, 0.5) is 24.5 Å². The van der Waals surface area contributed by atoms with Crippen molar-refractivity contribution in [2.24, 2.45) is 0 Å². The molecule has 0 radical (unpaired) electrons. The molecule has 1 N–H and O–H groups in total. The summed E-state index contributed by atoms with van der Waals surface area (Å²) in [5, 5.41) is 3.61. The van der Waals surface area contributed by atoms with E-state index >= 15 is 0 Å². The number of nitrogens with one attached hydrogen (secondary N) is 1. The Morgan fingerprint density at radius 2 is 1.27 bits per heavy atom. The maximum Gasteiger partial charge on any atom is 0.460 e. The smallest absolute Gasteiger partial charge is 0.374 e. The van der Waals surface area contributed by atoms with E-state index in [9.17, 15) is 13.2 Å². The third-order valence-electron chi connectivity index (χ3n) is 5.43. The number of piperazine rings is 1. The molecule has 1 heterocycles. The summed E-state index contributed by atoms with van der Waals surface area (Å²) in [5.41, 5.74) is 4.16. The summed E-state index contributed by atoms with van der Waals surface area (Å²) < 4.78 is 38.7. The van der Waals surface area contributed by atoms with Crippen LogP contribution in [0.5, 0.6) is 0 Å². The van der Waals surface area contributed by atoms with Gasteiger partial charge >= 0.3 is 6.30 Å². The molecule has 3 nitrogen and oxygen atoms in total. The summed E-state index contributed by atoms with van der Waals surface area (Å²) >= 11 is 0. The van der Waals surface area contributed by atoms with Gasteiger partial charge in [-0.1, -0.05) is 66.7 Å². The Kier molecular flexibility index (Phi) is 5.95. The second-order valence-corrected chi connectivity index (χ2v) is 7.39. The van der Waals surface area contributed by atoms with Gasteiger partial charge in [0.25, 0.3) is 0 Å². The lowest BCUT2D eigenvalue weighted by Gasteiger charge is -2.36. The fourth-order valence-electron chi connectivity index (χ4n) is 3.83. The molecule has 1 aliphatic rings. The predicted molar refractivity (Wildman–Crippen MR) is 115 cm³/mol. The van der Waals surface area contributed by atoms with Crippen LogP contribution in [0.25, 0.3) is 0 Å². The summed E-state index contributed by atoms with van der Waals surface area (Å²) in [4.78, 5) is 2.58. The third-order valence-corrected chi connectivity index (χ3v) is 5.43. The molecule has 1 fully saturated rings. The average molecular weight is 411 g/mol. The van der Waals surface area contributed by atoms with Crippen LogP contribution in [0.3, 0.4) is 0 Å². The van der Waals surface area contributed by atoms with E-state index in [0.29, 0.717) is 18.0 Å². The van der Waals surface area contributed by atoms with Gasteiger partial charge < -0.3 is 10.2 Å².